The molecule has 128 valence electrons. The van der Waals surface area contributed by atoms with E-state index in [0.29, 0.717) is 20.9 Å². The molecule has 0 spiro atoms. The highest BCUT2D eigenvalue weighted by molar-refractivity contribution is 7.16. The first kappa shape index (κ1) is 17.7. The van der Waals surface area contributed by atoms with E-state index in [-0.39, 0.29) is 12.5 Å². The lowest BCUT2D eigenvalue weighted by Gasteiger charge is -2.07. The SMILES string of the molecule is Cc1sc(NC(=O)COc2ccccc2Cl)nc1-c1ccc(Cl)cc1. The van der Waals surface area contributed by atoms with Crippen molar-refractivity contribution in [1.82, 2.24) is 4.98 Å². The highest BCUT2D eigenvalue weighted by Crippen LogP contribution is 2.31. The van der Waals surface area contributed by atoms with Crippen molar-refractivity contribution in [3.63, 3.8) is 0 Å². The lowest BCUT2D eigenvalue weighted by molar-refractivity contribution is -0.118. The Balaban J connectivity index is 1.65. The summed E-state index contributed by atoms with van der Waals surface area (Å²) in [6, 6.07) is 14.4. The van der Waals surface area contributed by atoms with Crippen molar-refractivity contribution in [2.24, 2.45) is 0 Å². The van der Waals surface area contributed by atoms with E-state index >= 15 is 0 Å². The van der Waals surface area contributed by atoms with Gasteiger partial charge in [0, 0.05) is 15.5 Å². The number of rotatable bonds is 5. The van der Waals surface area contributed by atoms with Gasteiger partial charge >= 0.3 is 0 Å². The van der Waals surface area contributed by atoms with Crippen LogP contribution in [-0.2, 0) is 4.79 Å². The molecule has 25 heavy (non-hydrogen) atoms. The molecular weight excluding hydrogens is 379 g/mol. The van der Waals surface area contributed by atoms with Gasteiger partial charge in [-0.3, -0.25) is 10.1 Å². The molecule has 0 atom stereocenters. The van der Waals surface area contributed by atoms with Crippen molar-refractivity contribution in [3.05, 3.63) is 63.5 Å². The molecule has 0 saturated heterocycles. The minimum absolute atomic E-state index is 0.140. The second-order valence-corrected chi connectivity index (χ2v) is 7.24. The quantitative estimate of drug-likeness (QED) is 0.628. The van der Waals surface area contributed by atoms with Gasteiger partial charge in [0.2, 0.25) is 0 Å². The molecule has 1 N–H and O–H groups in total. The Morgan fingerprint density at radius 1 is 1.16 bits per heavy atom. The fourth-order valence-corrected chi connectivity index (χ4v) is 3.35. The highest BCUT2D eigenvalue weighted by Gasteiger charge is 2.13. The first-order chi connectivity index (χ1) is 12.0. The average molecular weight is 393 g/mol. The number of hydrogen-bond acceptors (Lipinski definition) is 4. The van der Waals surface area contributed by atoms with Crippen LogP contribution in [0.15, 0.2) is 48.5 Å². The van der Waals surface area contributed by atoms with E-state index < -0.39 is 0 Å². The summed E-state index contributed by atoms with van der Waals surface area (Å²) in [4.78, 5) is 17.6. The Morgan fingerprint density at radius 2 is 1.88 bits per heavy atom. The van der Waals surface area contributed by atoms with Gasteiger partial charge in [0.25, 0.3) is 5.91 Å². The summed E-state index contributed by atoms with van der Waals surface area (Å²) in [5.41, 5.74) is 1.77. The Labute approximate surface area is 159 Å². The van der Waals surface area contributed by atoms with Crippen molar-refractivity contribution in [1.29, 1.82) is 0 Å². The first-order valence-corrected chi connectivity index (χ1v) is 9.01. The van der Waals surface area contributed by atoms with Gasteiger partial charge in [0.05, 0.1) is 10.7 Å². The van der Waals surface area contributed by atoms with Gasteiger partial charge in [-0.15, -0.1) is 11.3 Å². The van der Waals surface area contributed by atoms with Crippen molar-refractivity contribution >= 4 is 45.6 Å². The standard InChI is InChI=1S/C18H14Cl2N2O2S/c1-11-17(12-6-8-13(19)9-7-12)22-18(25-11)21-16(23)10-24-15-5-3-2-4-14(15)20/h2-9H,10H2,1H3,(H,21,22,23). The lowest BCUT2D eigenvalue weighted by atomic mass is 10.1. The van der Waals surface area contributed by atoms with Crippen LogP contribution in [0.2, 0.25) is 10.0 Å². The van der Waals surface area contributed by atoms with Crippen LogP contribution in [0.5, 0.6) is 5.75 Å². The van der Waals surface area contributed by atoms with Crippen LogP contribution in [-0.4, -0.2) is 17.5 Å². The fraction of sp³-hybridized carbons (Fsp3) is 0.111. The molecule has 1 amide bonds. The lowest BCUT2D eigenvalue weighted by Crippen LogP contribution is -2.20. The number of nitrogens with one attached hydrogen (secondary N) is 1. The van der Waals surface area contributed by atoms with Gasteiger partial charge in [-0.1, -0.05) is 47.5 Å². The number of hydrogen-bond donors (Lipinski definition) is 1. The van der Waals surface area contributed by atoms with E-state index in [1.807, 2.05) is 31.2 Å². The molecule has 1 heterocycles. The maximum Gasteiger partial charge on any atom is 0.264 e. The van der Waals surface area contributed by atoms with E-state index in [4.69, 9.17) is 27.9 Å². The normalized spacial score (nSPS) is 10.5. The predicted octanol–water partition coefficient (Wildman–Crippen LogP) is 5.44. The average Bonchev–Trinajstić information content (AvgIpc) is 2.95. The molecule has 0 aliphatic carbocycles. The molecule has 2 aromatic carbocycles. The van der Waals surface area contributed by atoms with Gasteiger partial charge in [-0.25, -0.2) is 4.98 Å². The smallest absolute Gasteiger partial charge is 0.264 e. The van der Waals surface area contributed by atoms with E-state index in [1.54, 1.807) is 24.3 Å². The van der Waals surface area contributed by atoms with Crippen LogP contribution in [0, 0.1) is 6.92 Å². The second-order valence-electron chi connectivity index (χ2n) is 5.20. The van der Waals surface area contributed by atoms with Crippen LogP contribution in [0.25, 0.3) is 11.3 Å². The van der Waals surface area contributed by atoms with Gasteiger partial charge < -0.3 is 4.74 Å². The van der Waals surface area contributed by atoms with Gasteiger partial charge in [0.15, 0.2) is 11.7 Å². The topological polar surface area (TPSA) is 51.2 Å². The summed E-state index contributed by atoms with van der Waals surface area (Å²) < 4.78 is 5.42. The van der Waals surface area contributed by atoms with Crippen LogP contribution < -0.4 is 10.1 Å². The number of thiazole rings is 1. The molecule has 0 saturated carbocycles. The maximum atomic E-state index is 12.1. The van der Waals surface area contributed by atoms with Gasteiger partial charge in [-0.2, -0.15) is 0 Å². The number of carbonyl (C=O) groups is 1. The van der Waals surface area contributed by atoms with Crippen molar-refractivity contribution < 1.29 is 9.53 Å². The molecular formula is C18H14Cl2N2O2S. The third-order valence-corrected chi connectivity index (χ3v) is 4.81. The zero-order valence-corrected chi connectivity index (χ0v) is 15.6. The van der Waals surface area contributed by atoms with Crippen LogP contribution in [0.1, 0.15) is 4.88 Å². The minimum atomic E-state index is -0.295. The molecule has 0 aliphatic heterocycles. The van der Waals surface area contributed by atoms with Gasteiger partial charge in [0.1, 0.15) is 5.75 Å². The van der Waals surface area contributed by atoms with E-state index in [1.165, 1.54) is 11.3 Å². The van der Waals surface area contributed by atoms with Crippen molar-refractivity contribution in [3.8, 4) is 17.0 Å². The Hall–Kier alpha value is -2.08. The second kappa shape index (κ2) is 7.87. The summed E-state index contributed by atoms with van der Waals surface area (Å²) in [7, 11) is 0. The fourth-order valence-electron chi connectivity index (χ4n) is 2.19. The minimum Gasteiger partial charge on any atom is -0.482 e. The monoisotopic (exact) mass is 392 g/mol. The van der Waals surface area contributed by atoms with Crippen LogP contribution in [0.4, 0.5) is 5.13 Å². The number of aromatic nitrogens is 1. The van der Waals surface area contributed by atoms with Crippen molar-refractivity contribution in [2.45, 2.75) is 6.92 Å². The first-order valence-electron chi connectivity index (χ1n) is 7.43. The molecule has 4 nitrogen and oxygen atoms in total. The number of amides is 1. The molecule has 3 aromatic rings. The number of nitrogens with zero attached hydrogens (tertiary/aromatic N) is 1. The molecule has 3 rings (SSSR count). The summed E-state index contributed by atoms with van der Waals surface area (Å²) in [5, 5.41) is 4.40. The van der Waals surface area contributed by atoms with Crippen LogP contribution in [0.3, 0.4) is 0 Å². The number of ether oxygens (including phenoxy) is 1. The molecule has 0 fully saturated rings. The Bertz CT molecular complexity index is 894. The van der Waals surface area contributed by atoms with E-state index in [9.17, 15) is 4.79 Å². The number of carbonyl (C=O) groups excluding carboxylic acids is 1. The molecule has 0 unspecified atom stereocenters. The van der Waals surface area contributed by atoms with Crippen LogP contribution >= 0.6 is 34.5 Å². The highest BCUT2D eigenvalue weighted by atomic mass is 35.5. The zero-order valence-electron chi connectivity index (χ0n) is 13.3. The Kier molecular flexibility index (Phi) is 5.58. The number of halogens is 2. The summed E-state index contributed by atoms with van der Waals surface area (Å²) >= 11 is 13.3. The third-order valence-electron chi connectivity index (χ3n) is 3.36. The number of para-hydroxylation sites is 1. The zero-order chi connectivity index (χ0) is 17.8. The summed E-state index contributed by atoms with van der Waals surface area (Å²) in [5.74, 6) is 0.174. The molecule has 0 aliphatic rings. The predicted molar refractivity (Wildman–Crippen MR) is 103 cm³/mol. The molecule has 0 radical (unpaired) electrons. The number of benzene rings is 2. The molecule has 7 heteroatoms. The largest absolute Gasteiger partial charge is 0.482 e. The molecule has 0 bridgehead atoms. The van der Waals surface area contributed by atoms with E-state index in [2.05, 4.69) is 10.3 Å². The van der Waals surface area contributed by atoms with Gasteiger partial charge in [-0.05, 0) is 31.2 Å². The third kappa shape index (κ3) is 4.51. The van der Waals surface area contributed by atoms with Crippen molar-refractivity contribution in [2.75, 3.05) is 11.9 Å². The summed E-state index contributed by atoms with van der Waals surface area (Å²) in [6.45, 7) is 1.82. The number of aryl methyl sites for hydroxylation is 1. The number of anilines is 1. The maximum absolute atomic E-state index is 12.1. The Morgan fingerprint density at radius 3 is 2.60 bits per heavy atom. The summed E-state index contributed by atoms with van der Waals surface area (Å²) in [6.07, 6.45) is 0. The molecule has 1 aromatic heterocycles. The van der Waals surface area contributed by atoms with E-state index in [0.717, 1.165) is 16.1 Å².